The third-order valence-electron chi connectivity index (χ3n) is 7.21. The van der Waals surface area contributed by atoms with E-state index in [-0.39, 0.29) is 28.7 Å². The fourth-order valence-electron chi connectivity index (χ4n) is 6.10. The second-order valence-corrected chi connectivity index (χ2v) is 10.9. The monoisotopic (exact) mass is 432 g/mol. The van der Waals surface area contributed by atoms with Crippen LogP contribution in [0.5, 0.6) is 0 Å². The molecule has 1 saturated heterocycles. The molecule has 4 nitrogen and oxygen atoms in total. The molecule has 170 valence electrons. The average molecular weight is 433 g/mol. The van der Waals surface area contributed by atoms with E-state index in [2.05, 4.69) is 37.9 Å². The zero-order valence-electron chi connectivity index (χ0n) is 19.9. The normalized spacial score (nSPS) is 24.8. The van der Waals surface area contributed by atoms with E-state index >= 15 is 0 Å². The molecule has 1 saturated carbocycles. The topological polar surface area (TPSA) is 49.4 Å². The number of amides is 2. The molecule has 2 aromatic carbocycles. The first-order valence-corrected chi connectivity index (χ1v) is 11.9. The Kier molecular flexibility index (Phi) is 6.15. The number of fused-ring (bicyclic) bond motifs is 2. The van der Waals surface area contributed by atoms with Gasteiger partial charge in [0.15, 0.2) is 0 Å². The van der Waals surface area contributed by atoms with Crippen molar-refractivity contribution < 1.29 is 9.59 Å². The number of aryl methyl sites for hydroxylation is 1. The van der Waals surface area contributed by atoms with Crippen molar-refractivity contribution >= 4 is 11.8 Å². The summed E-state index contributed by atoms with van der Waals surface area (Å²) < 4.78 is 0. The molecular weight excluding hydrogens is 396 g/mol. The Morgan fingerprint density at radius 2 is 1.69 bits per heavy atom. The SMILES string of the molecule is CCc1ccc(C(=O)NC(Cc2ccccc2)C(=O)N2CC3(C)CC2CC(C)(C)C3)cc1. The van der Waals surface area contributed by atoms with Crippen LogP contribution in [0, 0.1) is 10.8 Å². The first kappa shape index (κ1) is 22.6. The van der Waals surface area contributed by atoms with Gasteiger partial charge in [-0.3, -0.25) is 9.59 Å². The highest BCUT2D eigenvalue weighted by atomic mass is 16.2. The summed E-state index contributed by atoms with van der Waals surface area (Å²) in [6, 6.07) is 17.3. The first-order valence-electron chi connectivity index (χ1n) is 11.9. The summed E-state index contributed by atoms with van der Waals surface area (Å²) in [5.41, 5.74) is 3.26. The number of nitrogens with zero attached hydrogens (tertiary/aromatic N) is 1. The van der Waals surface area contributed by atoms with Crippen LogP contribution in [0.1, 0.15) is 68.4 Å². The van der Waals surface area contributed by atoms with E-state index in [1.807, 2.05) is 54.6 Å². The lowest BCUT2D eigenvalue weighted by atomic mass is 9.65. The minimum atomic E-state index is -0.568. The van der Waals surface area contributed by atoms with Gasteiger partial charge in [-0.15, -0.1) is 0 Å². The van der Waals surface area contributed by atoms with Crippen molar-refractivity contribution in [2.45, 2.75) is 71.9 Å². The summed E-state index contributed by atoms with van der Waals surface area (Å²) in [6.45, 7) is 9.82. The van der Waals surface area contributed by atoms with Crippen LogP contribution in [0.25, 0.3) is 0 Å². The van der Waals surface area contributed by atoms with E-state index in [9.17, 15) is 9.59 Å². The number of carbonyl (C=O) groups is 2. The van der Waals surface area contributed by atoms with E-state index in [0.717, 1.165) is 37.8 Å². The van der Waals surface area contributed by atoms with Crippen LogP contribution in [0.3, 0.4) is 0 Å². The maximum Gasteiger partial charge on any atom is 0.251 e. The molecule has 0 aromatic heterocycles. The van der Waals surface area contributed by atoms with Gasteiger partial charge in [-0.25, -0.2) is 0 Å². The zero-order chi connectivity index (χ0) is 22.9. The number of hydrogen-bond acceptors (Lipinski definition) is 2. The first-order chi connectivity index (χ1) is 15.2. The molecule has 1 N–H and O–H groups in total. The number of nitrogens with one attached hydrogen (secondary N) is 1. The molecule has 2 aromatic rings. The van der Waals surface area contributed by atoms with Crippen molar-refractivity contribution in [3.05, 3.63) is 71.3 Å². The molecule has 1 aliphatic carbocycles. The third-order valence-corrected chi connectivity index (χ3v) is 7.21. The van der Waals surface area contributed by atoms with Gasteiger partial charge in [0, 0.05) is 24.6 Å². The maximum absolute atomic E-state index is 13.8. The van der Waals surface area contributed by atoms with Gasteiger partial charge in [-0.2, -0.15) is 0 Å². The van der Waals surface area contributed by atoms with Gasteiger partial charge in [0.25, 0.3) is 5.91 Å². The summed E-state index contributed by atoms with van der Waals surface area (Å²) >= 11 is 0. The molecule has 3 atom stereocenters. The molecule has 4 heteroatoms. The van der Waals surface area contributed by atoms with E-state index in [4.69, 9.17) is 0 Å². The van der Waals surface area contributed by atoms with Crippen LogP contribution in [-0.4, -0.2) is 35.3 Å². The van der Waals surface area contributed by atoms with Crippen LogP contribution >= 0.6 is 0 Å². The molecular formula is C28H36N2O2. The molecule has 2 aliphatic rings. The largest absolute Gasteiger partial charge is 0.340 e. The number of rotatable bonds is 6. The predicted octanol–water partition coefficient (Wildman–Crippen LogP) is 5.02. The van der Waals surface area contributed by atoms with E-state index in [0.29, 0.717) is 12.0 Å². The predicted molar refractivity (Wildman–Crippen MR) is 128 cm³/mol. The molecule has 1 heterocycles. The molecule has 0 spiro atoms. The summed E-state index contributed by atoms with van der Waals surface area (Å²) in [5.74, 6) is -0.130. The van der Waals surface area contributed by atoms with Crippen LogP contribution in [0.15, 0.2) is 54.6 Å². The molecule has 1 aliphatic heterocycles. The summed E-state index contributed by atoms with van der Waals surface area (Å²) in [4.78, 5) is 29.0. The lowest BCUT2D eigenvalue weighted by Gasteiger charge is -2.39. The van der Waals surface area contributed by atoms with Crippen molar-refractivity contribution in [2.75, 3.05) is 6.54 Å². The molecule has 0 radical (unpaired) electrons. The van der Waals surface area contributed by atoms with Crippen molar-refractivity contribution in [2.24, 2.45) is 10.8 Å². The zero-order valence-corrected chi connectivity index (χ0v) is 19.9. The van der Waals surface area contributed by atoms with E-state index < -0.39 is 6.04 Å². The Morgan fingerprint density at radius 3 is 2.34 bits per heavy atom. The lowest BCUT2D eigenvalue weighted by Crippen LogP contribution is -2.51. The van der Waals surface area contributed by atoms with Gasteiger partial charge in [0.1, 0.15) is 6.04 Å². The second kappa shape index (κ2) is 8.73. The highest BCUT2D eigenvalue weighted by Crippen LogP contribution is 2.52. The Hall–Kier alpha value is -2.62. The van der Waals surface area contributed by atoms with Gasteiger partial charge in [0.2, 0.25) is 5.91 Å². The smallest absolute Gasteiger partial charge is 0.251 e. The van der Waals surface area contributed by atoms with Crippen LogP contribution in [0.2, 0.25) is 0 Å². The molecule has 32 heavy (non-hydrogen) atoms. The number of carbonyl (C=O) groups excluding carboxylic acids is 2. The lowest BCUT2D eigenvalue weighted by molar-refractivity contribution is -0.134. The van der Waals surface area contributed by atoms with Gasteiger partial charge in [-0.1, -0.05) is 70.2 Å². The Labute approximate surface area is 192 Å². The Balaban J connectivity index is 1.56. The summed E-state index contributed by atoms with van der Waals surface area (Å²) in [5, 5.41) is 3.08. The number of likely N-dealkylation sites (tertiary alicyclic amines) is 1. The fraction of sp³-hybridized carbons (Fsp3) is 0.500. The highest BCUT2D eigenvalue weighted by Gasteiger charge is 2.51. The second-order valence-electron chi connectivity index (χ2n) is 10.9. The molecule has 2 bridgehead atoms. The summed E-state index contributed by atoms with van der Waals surface area (Å²) in [6.07, 6.45) is 4.66. The van der Waals surface area contributed by atoms with Gasteiger partial charge >= 0.3 is 0 Å². The molecule has 2 fully saturated rings. The highest BCUT2D eigenvalue weighted by molar-refractivity contribution is 5.97. The van der Waals surface area contributed by atoms with Crippen molar-refractivity contribution in [1.29, 1.82) is 0 Å². The molecule has 4 rings (SSSR count). The minimum Gasteiger partial charge on any atom is -0.340 e. The van der Waals surface area contributed by atoms with Crippen LogP contribution in [0.4, 0.5) is 0 Å². The van der Waals surface area contributed by atoms with Gasteiger partial charge < -0.3 is 10.2 Å². The van der Waals surface area contributed by atoms with Crippen molar-refractivity contribution in [3.63, 3.8) is 0 Å². The minimum absolute atomic E-state index is 0.0545. The van der Waals surface area contributed by atoms with E-state index in [1.54, 1.807) is 0 Å². The quantitative estimate of drug-likeness (QED) is 0.697. The fourth-order valence-corrected chi connectivity index (χ4v) is 6.10. The molecule has 2 amide bonds. The van der Waals surface area contributed by atoms with Gasteiger partial charge in [0.05, 0.1) is 0 Å². The number of benzene rings is 2. The number of hydrogen-bond donors (Lipinski definition) is 1. The summed E-state index contributed by atoms with van der Waals surface area (Å²) in [7, 11) is 0. The third kappa shape index (κ3) is 4.90. The Morgan fingerprint density at radius 1 is 1.00 bits per heavy atom. The van der Waals surface area contributed by atoms with Crippen LogP contribution in [-0.2, 0) is 17.6 Å². The molecule has 3 unspecified atom stereocenters. The van der Waals surface area contributed by atoms with Crippen molar-refractivity contribution in [3.8, 4) is 0 Å². The van der Waals surface area contributed by atoms with E-state index in [1.165, 1.54) is 5.56 Å². The van der Waals surface area contributed by atoms with Gasteiger partial charge in [-0.05, 0) is 59.8 Å². The standard InChI is InChI=1S/C28H36N2O2/c1-5-20-11-13-22(14-12-20)25(31)29-24(15-21-9-7-6-8-10-21)26(32)30-19-28(4)17-23(30)16-27(2,3)18-28/h6-14,23-24H,5,15-19H2,1-4H3,(H,29,31). The maximum atomic E-state index is 13.8. The Bertz CT molecular complexity index is 967. The van der Waals surface area contributed by atoms with Crippen LogP contribution < -0.4 is 5.32 Å². The van der Waals surface area contributed by atoms with Crippen molar-refractivity contribution in [1.82, 2.24) is 10.2 Å². The average Bonchev–Trinajstić information content (AvgIpc) is 3.02.